The Kier molecular flexibility index (Phi) is 8.52. The van der Waals surface area contributed by atoms with Crippen LogP contribution in [0.25, 0.3) is 0 Å². The van der Waals surface area contributed by atoms with E-state index in [-0.39, 0.29) is 29.2 Å². The van der Waals surface area contributed by atoms with Crippen LogP contribution in [0.2, 0.25) is 0 Å². The van der Waals surface area contributed by atoms with Crippen molar-refractivity contribution in [2.24, 2.45) is 11.3 Å². The zero-order valence-electron chi connectivity index (χ0n) is 19.2. The van der Waals surface area contributed by atoms with Gasteiger partial charge in [0.2, 0.25) is 11.8 Å². The van der Waals surface area contributed by atoms with Gasteiger partial charge >= 0.3 is 0 Å². The second-order valence-electron chi connectivity index (χ2n) is 9.40. The molecule has 0 saturated heterocycles. The molecule has 0 bridgehead atoms. The van der Waals surface area contributed by atoms with E-state index in [4.69, 9.17) is 0 Å². The van der Waals surface area contributed by atoms with Crippen molar-refractivity contribution < 1.29 is 9.59 Å². The van der Waals surface area contributed by atoms with Gasteiger partial charge in [-0.1, -0.05) is 41.5 Å². The fourth-order valence-electron chi connectivity index (χ4n) is 2.96. The van der Waals surface area contributed by atoms with Crippen molar-refractivity contribution in [3.63, 3.8) is 0 Å². The summed E-state index contributed by atoms with van der Waals surface area (Å²) in [4.78, 5) is 29.2. The lowest BCUT2D eigenvalue weighted by Gasteiger charge is -2.33. The number of rotatable bonds is 8. The molecule has 1 atom stereocenters. The molecule has 1 rings (SSSR count). The zero-order valence-corrected chi connectivity index (χ0v) is 19.2. The third-order valence-corrected chi connectivity index (χ3v) is 4.82. The number of amides is 2. The number of carbonyl (C=O) groups is 2. The van der Waals surface area contributed by atoms with Crippen molar-refractivity contribution in [2.75, 3.05) is 24.3 Å². The molecule has 0 aliphatic rings. The summed E-state index contributed by atoms with van der Waals surface area (Å²) >= 11 is 0. The summed E-state index contributed by atoms with van der Waals surface area (Å²) in [5.41, 5.74) is 2.81. The van der Waals surface area contributed by atoms with E-state index in [2.05, 4.69) is 39.9 Å². The molecule has 0 saturated carbocycles. The Morgan fingerprint density at radius 3 is 2.18 bits per heavy atom. The molecule has 5 heteroatoms. The zero-order chi connectivity index (χ0) is 21.6. The van der Waals surface area contributed by atoms with Gasteiger partial charge < -0.3 is 15.1 Å². The summed E-state index contributed by atoms with van der Waals surface area (Å²) in [5.74, 6) is 0.0799. The largest absolute Gasteiger partial charge is 0.377 e. The Hall–Kier alpha value is -2.04. The van der Waals surface area contributed by atoms with E-state index >= 15 is 0 Å². The summed E-state index contributed by atoms with van der Waals surface area (Å²) < 4.78 is 0. The number of hydrogen-bond donors (Lipinski definition) is 1. The van der Waals surface area contributed by atoms with E-state index in [1.807, 2.05) is 55.9 Å². The SMILES string of the molecule is CC[C@@H](C)N(Cc1cc(NC(=O)C(C)C)ccc1N(C)C)C(=O)CC(C)(C)C. The third-order valence-electron chi connectivity index (χ3n) is 4.82. The average molecular weight is 390 g/mol. The van der Waals surface area contributed by atoms with Gasteiger partial charge in [-0.05, 0) is 42.5 Å². The fourth-order valence-corrected chi connectivity index (χ4v) is 2.96. The first-order valence-corrected chi connectivity index (χ1v) is 10.3. The first-order valence-electron chi connectivity index (χ1n) is 10.3. The monoisotopic (exact) mass is 389 g/mol. The molecule has 1 N–H and O–H groups in total. The van der Waals surface area contributed by atoms with Gasteiger partial charge in [0, 0.05) is 50.4 Å². The molecule has 0 unspecified atom stereocenters. The van der Waals surface area contributed by atoms with Crippen LogP contribution in [-0.2, 0) is 16.1 Å². The van der Waals surface area contributed by atoms with Gasteiger partial charge in [-0.2, -0.15) is 0 Å². The molecule has 1 aromatic carbocycles. The molecule has 5 nitrogen and oxygen atoms in total. The van der Waals surface area contributed by atoms with Crippen LogP contribution in [0, 0.1) is 11.3 Å². The molecule has 0 aliphatic carbocycles. The lowest BCUT2D eigenvalue weighted by molar-refractivity contribution is -0.136. The van der Waals surface area contributed by atoms with Crippen molar-refractivity contribution >= 4 is 23.2 Å². The number of anilines is 2. The molecule has 0 fully saturated rings. The highest BCUT2D eigenvalue weighted by atomic mass is 16.2. The Morgan fingerprint density at radius 2 is 1.71 bits per heavy atom. The van der Waals surface area contributed by atoms with Gasteiger partial charge in [-0.15, -0.1) is 0 Å². The van der Waals surface area contributed by atoms with E-state index in [1.165, 1.54) is 0 Å². The molecule has 2 amide bonds. The molecule has 0 aromatic heterocycles. The van der Waals surface area contributed by atoms with Crippen molar-refractivity contribution in [3.05, 3.63) is 23.8 Å². The second-order valence-corrected chi connectivity index (χ2v) is 9.40. The van der Waals surface area contributed by atoms with Crippen LogP contribution in [0.15, 0.2) is 18.2 Å². The highest BCUT2D eigenvalue weighted by Crippen LogP contribution is 2.28. The molecular weight excluding hydrogens is 350 g/mol. The van der Waals surface area contributed by atoms with Gasteiger partial charge in [0.15, 0.2) is 0 Å². The number of nitrogens with one attached hydrogen (secondary N) is 1. The van der Waals surface area contributed by atoms with Crippen LogP contribution in [0.3, 0.4) is 0 Å². The number of benzene rings is 1. The lowest BCUT2D eigenvalue weighted by Crippen LogP contribution is -2.39. The summed E-state index contributed by atoms with van der Waals surface area (Å²) in [6, 6.07) is 6.08. The average Bonchev–Trinajstić information content (AvgIpc) is 2.57. The van der Waals surface area contributed by atoms with Crippen LogP contribution >= 0.6 is 0 Å². The van der Waals surface area contributed by atoms with E-state index in [1.54, 1.807) is 0 Å². The molecule has 158 valence electrons. The van der Waals surface area contributed by atoms with E-state index in [0.29, 0.717) is 13.0 Å². The minimum Gasteiger partial charge on any atom is -0.377 e. The van der Waals surface area contributed by atoms with Gasteiger partial charge in [-0.3, -0.25) is 9.59 Å². The maximum Gasteiger partial charge on any atom is 0.226 e. The minimum atomic E-state index is -0.0815. The summed E-state index contributed by atoms with van der Waals surface area (Å²) in [5, 5.41) is 2.97. The summed E-state index contributed by atoms with van der Waals surface area (Å²) in [6.45, 7) is 14.8. The number of hydrogen-bond acceptors (Lipinski definition) is 3. The first-order chi connectivity index (χ1) is 12.9. The van der Waals surface area contributed by atoms with Crippen molar-refractivity contribution in [2.45, 2.75) is 73.9 Å². The Balaban J connectivity index is 3.24. The second kappa shape index (κ2) is 9.94. The molecule has 0 radical (unpaired) electrons. The predicted molar refractivity (Wildman–Crippen MR) is 119 cm³/mol. The van der Waals surface area contributed by atoms with E-state index in [0.717, 1.165) is 23.4 Å². The van der Waals surface area contributed by atoms with Crippen molar-refractivity contribution in [1.29, 1.82) is 0 Å². The van der Waals surface area contributed by atoms with E-state index in [9.17, 15) is 9.59 Å². The van der Waals surface area contributed by atoms with Gasteiger partial charge in [-0.25, -0.2) is 0 Å². The van der Waals surface area contributed by atoms with Gasteiger partial charge in [0.25, 0.3) is 0 Å². The smallest absolute Gasteiger partial charge is 0.226 e. The maximum absolute atomic E-state index is 13.0. The molecule has 0 aliphatic heterocycles. The van der Waals surface area contributed by atoms with Crippen molar-refractivity contribution in [3.8, 4) is 0 Å². The van der Waals surface area contributed by atoms with E-state index < -0.39 is 0 Å². The molecule has 0 spiro atoms. The Bertz CT molecular complexity index is 675. The normalized spacial score (nSPS) is 12.6. The maximum atomic E-state index is 13.0. The predicted octanol–water partition coefficient (Wildman–Crippen LogP) is 4.91. The van der Waals surface area contributed by atoms with Crippen molar-refractivity contribution in [1.82, 2.24) is 4.90 Å². The number of carbonyl (C=O) groups excluding carboxylic acids is 2. The quantitative estimate of drug-likeness (QED) is 0.687. The molecule has 0 heterocycles. The third kappa shape index (κ3) is 7.17. The van der Waals surface area contributed by atoms with Crippen LogP contribution in [0.4, 0.5) is 11.4 Å². The van der Waals surface area contributed by atoms with Crippen LogP contribution in [0.1, 0.15) is 66.9 Å². The van der Waals surface area contributed by atoms with Crippen LogP contribution in [-0.4, -0.2) is 36.9 Å². The summed E-state index contributed by atoms with van der Waals surface area (Å²) in [6.07, 6.45) is 1.41. The molecule has 1 aromatic rings. The highest BCUT2D eigenvalue weighted by Gasteiger charge is 2.25. The van der Waals surface area contributed by atoms with Gasteiger partial charge in [0.05, 0.1) is 0 Å². The number of nitrogens with zero attached hydrogens (tertiary/aromatic N) is 2. The van der Waals surface area contributed by atoms with Crippen LogP contribution < -0.4 is 10.2 Å². The molecule has 28 heavy (non-hydrogen) atoms. The highest BCUT2D eigenvalue weighted by molar-refractivity contribution is 5.92. The topological polar surface area (TPSA) is 52.7 Å². The first kappa shape index (κ1) is 24.0. The molecular formula is C23H39N3O2. The Labute approximate surface area is 171 Å². The Morgan fingerprint density at radius 1 is 1.11 bits per heavy atom. The summed E-state index contributed by atoms with van der Waals surface area (Å²) in [7, 11) is 3.99. The van der Waals surface area contributed by atoms with Gasteiger partial charge in [0.1, 0.15) is 0 Å². The lowest BCUT2D eigenvalue weighted by atomic mass is 9.91. The standard InChI is InChI=1S/C23H39N3O2/c1-10-17(4)26(21(27)14-23(5,6)7)15-18-13-19(24-22(28)16(2)3)11-12-20(18)25(8)9/h11-13,16-17H,10,14-15H2,1-9H3,(H,24,28)/t17-/m1/s1. The fraction of sp³-hybridized carbons (Fsp3) is 0.652. The van der Waals surface area contributed by atoms with Crippen LogP contribution in [0.5, 0.6) is 0 Å². The minimum absolute atomic E-state index is 0.00820.